The first-order chi connectivity index (χ1) is 7.73. The van der Waals surface area contributed by atoms with E-state index in [-0.39, 0.29) is 6.42 Å². The molecule has 2 saturated carbocycles. The third-order valence-electron chi connectivity index (χ3n) is 4.49. The van der Waals surface area contributed by atoms with Gasteiger partial charge in [-0.25, -0.2) is 0 Å². The molecule has 0 aliphatic heterocycles. The Kier molecular flexibility index (Phi) is 3.85. The molecular formula is C13H23NO2. The van der Waals surface area contributed by atoms with Crippen LogP contribution in [0, 0.1) is 5.41 Å². The Morgan fingerprint density at radius 1 is 1.19 bits per heavy atom. The van der Waals surface area contributed by atoms with Crippen molar-refractivity contribution in [2.75, 3.05) is 6.54 Å². The van der Waals surface area contributed by atoms with Gasteiger partial charge in [-0.3, -0.25) is 4.79 Å². The molecule has 0 saturated heterocycles. The molecule has 92 valence electrons. The van der Waals surface area contributed by atoms with Crippen LogP contribution >= 0.6 is 0 Å². The van der Waals surface area contributed by atoms with E-state index >= 15 is 0 Å². The molecule has 0 bridgehead atoms. The second kappa shape index (κ2) is 5.17. The fourth-order valence-corrected chi connectivity index (χ4v) is 3.66. The van der Waals surface area contributed by atoms with E-state index in [1.807, 2.05) is 0 Å². The molecule has 1 unspecified atom stereocenters. The van der Waals surface area contributed by atoms with Gasteiger partial charge in [-0.15, -0.1) is 0 Å². The lowest BCUT2D eigenvalue weighted by Gasteiger charge is -2.39. The van der Waals surface area contributed by atoms with Crippen molar-refractivity contribution in [1.82, 2.24) is 5.32 Å². The van der Waals surface area contributed by atoms with Gasteiger partial charge < -0.3 is 10.4 Å². The molecule has 0 aromatic rings. The molecule has 0 aromatic carbocycles. The lowest BCUT2D eigenvalue weighted by molar-refractivity contribution is -0.136. The van der Waals surface area contributed by atoms with Gasteiger partial charge >= 0.3 is 5.97 Å². The van der Waals surface area contributed by atoms with Crippen LogP contribution in [0.15, 0.2) is 0 Å². The summed E-state index contributed by atoms with van der Waals surface area (Å²) in [6, 6.07) is 0.590. The standard InChI is InChI=1S/C13H23NO2/c15-12(16)6-10-14-11-5-4-9-13(11)7-2-1-3-8-13/h11,14H,1-10H2,(H,15,16). The molecule has 1 atom stereocenters. The number of hydrogen-bond acceptors (Lipinski definition) is 2. The summed E-state index contributed by atoms with van der Waals surface area (Å²) < 4.78 is 0. The second-order valence-electron chi connectivity index (χ2n) is 5.47. The molecule has 0 heterocycles. The Balaban J connectivity index is 1.85. The number of nitrogens with one attached hydrogen (secondary N) is 1. The summed E-state index contributed by atoms with van der Waals surface area (Å²) in [6.07, 6.45) is 11.0. The molecular weight excluding hydrogens is 202 g/mol. The Bertz CT molecular complexity index is 246. The number of carboxylic acid groups (broad SMARTS) is 1. The lowest BCUT2D eigenvalue weighted by Crippen LogP contribution is -2.43. The predicted octanol–water partition coefficient (Wildman–Crippen LogP) is 2.55. The summed E-state index contributed by atoms with van der Waals surface area (Å²) in [7, 11) is 0. The number of carboxylic acids is 1. The van der Waals surface area contributed by atoms with Crippen molar-refractivity contribution in [2.45, 2.75) is 63.8 Å². The van der Waals surface area contributed by atoms with Crippen molar-refractivity contribution in [3.63, 3.8) is 0 Å². The molecule has 2 aliphatic carbocycles. The summed E-state index contributed by atoms with van der Waals surface area (Å²) in [5.41, 5.74) is 0.525. The molecule has 16 heavy (non-hydrogen) atoms. The maximum atomic E-state index is 10.5. The van der Waals surface area contributed by atoms with Gasteiger partial charge in [0.2, 0.25) is 0 Å². The Morgan fingerprint density at radius 2 is 1.88 bits per heavy atom. The predicted molar refractivity (Wildman–Crippen MR) is 63.4 cm³/mol. The average molecular weight is 225 g/mol. The highest BCUT2D eigenvalue weighted by atomic mass is 16.4. The SMILES string of the molecule is O=C(O)CCNC1CCCC12CCCCC2. The molecule has 0 amide bonds. The normalized spacial score (nSPS) is 28.4. The summed E-state index contributed by atoms with van der Waals surface area (Å²) in [5, 5.41) is 12.1. The van der Waals surface area contributed by atoms with E-state index in [4.69, 9.17) is 5.11 Å². The lowest BCUT2D eigenvalue weighted by atomic mass is 9.70. The first kappa shape index (κ1) is 11.9. The maximum absolute atomic E-state index is 10.5. The molecule has 2 N–H and O–H groups in total. The smallest absolute Gasteiger partial charge is 0.304 e. The highest BCUT2D eigenvalue weighted by molar-refractivity contribution is 5.66. The van der Waals surface area contributed by atoms with Crippen LogP contribution in [-0.4, -0.2) is 23.7 Å². The fraction of sp³-hybridized carbons (Fsp3) is 0.923. The summed E-state index contributed by atoms with van der Waals surface area (Å²) >= 11 is 0. The zero-order valence-electron chi connectivity index (χ0n) is 10.0. The molecule has 0 radical (unpaired) electrons. The van der Waals surface area contributed by atoms with Crippen LogP contribution in [0.25, 0.3) is 0 Å². The van der Waals surface area contributed by atoms with Crippen molar-refractivity contribution < 1.29 is 9.90 Å². The van der Waals surface area contributed by atoms with Gasteiger partial charge in [0.1, 0.15) is 0 Å². The number of carbonyl (C=O) groups is 1. The highest BCUT2D eigenvalue weighted by Crippen LogP contribution is 2.48. The number of rotatable bonds is 4. The van der Waals surface area contributed by atoms with E-state index < -0.39 is 5.97 Å². The van der Waals surface area contributed by atoms with Gasteiger partial charge in [-0.2, -0.15) is 0 Å². The molecule has 2 aliphatic rings. The first-order valence-corrected chi connectivity index (χ1v) is 6.68. The molecule has 1 spiro atoms. The van der Waals surface area contributed by atoms with Crippen molar-refractivity contribution in [2.24, 2.45) is 5.41 Å². The number of aliphatic carboxylic acids is 1. The monoisotopic (exact) mass is 225 g/mol. The van der Waals surface area contributed by atoms with Crippen LogP contribution < -0.4 is 5.32 Å². The molecule has 3 nitrogen and oxygen atoms in total. The van der Waals surface area contributed by atoms with E-state index in [0.29, 0.717) is 18.0 Å². The van der Waals surface area contributed by atoms with Gasteiger partial charge in [0.05, 0.1) is 6.42 Å². The molecule has 2 fully saturated rings. The van der Waals surface area contributed by atoms with Gasteiger partial charge in [0.15, 0.2) is 0 Å². The largest absolute Gasteiger partial charge is 0.481 e. The van der Waals surface area contributed by atoms with Crippen molar-refractivity contribution in [3.8, 4) is 0 Å². The average Bonchev–Trinajstić information content (AvgIpc) is 2.62. The quantitative estimate of drug-likeness (QED) is 0.773. The van der Waals surface area contributed by atoms with Crippen LogP contribution in [0.3, 0.4) is 0 Å². The van der Waals surface area contributed by atoms with Crippen LogP contribution in [0.4, 0.5) is 0 Å². The van der Waals surface area contributed by atoms with Crippen LogP contribution in [0.1, 0.15) is 57.8 Å². The Hall–Kier alpha value is -0.570. The zero-order valence-corrected chi connectivity index (χ0v) is 10.0. The maximum Gasteiger partial charge on any atom is 0.304 e. The molecule has 0 aromatic heterocycles. The van der Waals surface area contributed by atoms with Crippen LogP contribution in [-0.2, 0) is 4.79 Å². The van der Waals surface area contributed by atoms with Gasteiger partial charge in [0, 0.05) is 12.6 Å². The van der Waals surface area contributed by atoms with E-state index in [1.54, 1.807) is 0 Å². The third kappa shape index (κ3) is 2.57. The van der Waals surface area contributed by atoms with Crippen molar-refractivity contribution in [3.05, 3.63) is 0 Å². The molecule has 3 heteroatoms. The second-order valence-corrected chi connectivity index (χ2v) is 5.47. The summed E-state index contributed by atoms with van der Waals surface area (Å²) in [4.78, 5) is 10.5. The van der Waals surface area contributed by atoms with E-state index in [0.717, 1.165) is 0 Å². The van der Waals surface area contributed by atoms with Crippen LogP contribution in [0.2, 0.25) is 0 Å². The van der Waals surface area contributed by atoms with Gasteiger partial charge in [-0.1, -0.05) is 25.7 Å². The first-order valence-electron chi connectivity index (χ1n) is 6.68. The van der Waals surface area contributed by atoms with E-state index in [1.165, 1.54) is 51.4 Å². The van der Waals surface area contributed by atoms with E-state index in [2.05, 4.69) is 5.32 Å². The minimum Gasteiger partial charge on any atom is -0.481 e. The van der Waals surface area contributed by atoms with E-state index in [9.17, 15) is 4.79 Å². The molecule has 2 rings (SSSR count). The zero-order chi connectivity index (χ0) is 11.4. The summed E-state index contributed by atoms with van der Waals surface area (Å²) in [5.74, 6) is -0.691. The van der Waals surface area contributed by atoms with Gasteiger partial charge in [0.25, 0.3) is 0 Å². The fourth-order valence-electron chi connectivity index (χ4n) is 3.66. The highest BCUT2D eigenvalue weighted by Gasteiger charge is 2.42. The third-order valence-corrected chi connectivity index (χ3v) is 4.49. The minimum absolute atomic E-state index is 0.257. The Morgan fingerprint density at radius 3 is 2.56 bits per heavy atom. The van der Waals surface area contributed by atoms with Crippen molar-refractivity contribution >= 4 is 5.97 Å². The Labute approximate surface area is 97.6 Å². The minimum atomic E-state index is -0.691. The summed E-state index contributed by atoms with van der Waals surface area (Å²) in [6.45, 7) is 0.641. The van der Waals surface area contributed by atoms with Crippen LogP contribution in [0.5, 0.6) is 0 Å². The van der Waals surface area contributed by atoms with Crippen molar-refractivity contribution in [1.29, 1.82) is 0 Å². The number of hydrogen-bond donors (Lipinski definition) is 2. The van der Waals surface area contributed by atoms with Gasteiger partial charge in [-0.05, 0) is 31.1 Å². The topological polar surface area (TPSA) is 49.3 Å².